The van der Waals surface area contributed by atoms with E-state index in [1.165, 1.54) is 16.6 Å². The van der Waals surface area contributed by atoms with Crippen molar-refractivity contribution in [2.24, 2.45) is 0 Å². The molecule has 0 radical (unpaired) electrons. The Morgan fingerprint density at radius 2 is 2.17 bits per heavy atom. The molecule has 1 atom stereocenters. The molecule has 4 aromatic rings. The summed E-state index contributed by atoms with van der Waals surface area (Å²) in [5.41, 5.74) is 2.29. The maximum absolute atomic E-state index is 12.8. The lowest BCUT2D eigenvalue weighted by Gasteiger charge is -2.32. The van der Waals surface area contributed by atoms with Crippen molar-refractivity contribution in [2.75, 3.05) is 11.4 Å². The number of hydrogen-bond donors (Lipinski definition) is 1. The molecular formula is C17H14F3N7O2. The van der Waals surface area contributed by atoms with Crippen molar-refractivity contribution < 1.29 is 22.3 Å². The van der Waals surface area contributed by atoms with Crippen LogP contribution in [0.5, 0.6) is 5.75 Å². The molecule has 0 fully saturated rings. The molecular weight excluding hydrogens is 391 g/mol. The zero-order valence-electron chi connectivity index (χ0n) is 15.0. The number of H-pyrrole nitrogens is 1. The molecule has 5 rings (SSSR count). The van der Waals surface area contributed by atoms with Crippen molar-refractivity contribution in [2.45, 2.75) is 25.7 Å². The summed E-state index contributed by atoms with van der Waals surface area (Å²) in [6.45, 7) is 2.22. The molecule has 29 heavy (non-hydrogen) atoms. The fraction of sp³-hybridized carbons (Fsp3) is 0.294. The first kappa shape index (κ1) is 17.5. The van der Waals surface area contributed by atoms with Crippen LogP contribution in [0.2, 0.25) is 0 Å². The molecule has 0 saturated carbocycles. The van der Waals surface area contributed by atoms with Gasteiger partial charge in [-0.15, -0.1) is 18.3 Å². The zero-order valence-corrected chi connectivity index (χ0v) is 15.0. The number of ether oxygens (including phenoxy) is 1. The van der Waals surface area contributed by atoms with Crippen molar-refractivity contribution >= 4 is 11.5 Å². The molecule has 1 aliphatic rings. The number of halogens is 3. The van der Waals surface area contributed by atoms with Gasteiger partial charge in [0.05, 0.1) is 17.7 Å². The third-order valence-corrected chi connectivity index (χ3v) is 4.67. The number of alkyl halides is 3. The smallest absolute Gasteiger partial charge is 0.408 e. The van der Waals surface area contributed by atoms with Crippen LogP contribution in [0.4, 0.5) is 19.2 Å². The van der Waals surface area contributed by atoms with E-state index >= 15 is 0 Å². The average Bonchev–Trinajstić information content (AvgIpc) is 3.38. The van der Waals surface area contributed by atoms with Crippen LogP contribution in [-0.2, 0) is 6.42 Å². The van der Waals surface area contributed by atoms with Crippen LogP contribution in [0.25, 0.3) is 5.52 Å². The molecule has 9 nitrogen and oxygen atoms in total. The third-order valence-electron chi connectivity index (χ3n) is 4.67. The molecule has 5 heterocycles. The van der Waals surface area contributed by atoms with E-state index in [-0.39, 0.29) is 11.3 Å². The Morgan fingerprint density at radius 3 is 2.93 bits per heavy atom. The number of aromatic nitrogens is 6. The highest BCUT2D eigenvalue weighted by atomic mass is 19.4. The van der Waals surface area contributed by atoms with E-state index < -0.39 is 12.4 Å². The number of rotatable bonds is 3. The standard InChI is InChI=1S/C17H14F3N7O2/c1-9-23-24-16(28-9)26-6-4-10-14(22-8-21-10)15(26)11-7-12-13(29-17(18,19)20)3-2-5-27(12)25-11/h2-3,5,7-8,15H,4,6H2,1H3,(H,21,22)/t15-/m0/s1. The van der Waals surface area contributed by atoms with Gasteiger partial charge in [-0.25, -0.2) is 9.50 Å². The number of fused-ring (bicyclic) bond motifs is 2. The maximum atomic E-state index is 12.8. The number of imidazole rings is 1. The molecule has 12 heteroatoms. The predicted molar refractivity (Wildman–Crippen MR) is 92.4 cm³/mol. The Balaban J connectivity index is 1.64. The highest BCUT2D eigenvalue weighted by Crippen LogP contribution is 2.37. The van der Waals surface area contributed by atoms with Gasteiger partial charge < -0.3 is 19.0 Å². The Morgan fingerprint density at radius 1 is 1.31 bits per heavy atom. The molecule has 1 aliphatic heterocycles. The van der Waals surface area contributed by atoms with Crippen LogP contribution < -0.4 is 9.64 Å². The van der Waals surface area contributed by atoms with Crippen molar-refractivity contribution in [3.05, 3.63) is 53.7 Å². The molecule has 150 valence electrons. The quantitative estimate of drug-likeness (QED) is 0.560. The minimum atomic E-state index is -4.81. The minimum absolute atomic E-state index is 0.184. The van der Waals surface area contributed by atoms with E-state index in [0.717, 1.165) is 5.69 Å². The van der Waals surface area contributed by atoms with Crippen LogP contribution in [0, 0.1) is 6.92 Å². The second-order valence-corrected chi connectivity index (χ2v) is 6.54. The Bertz CT molecular complexity index is 1180. The molecule has 0 unspecified atom stereocenters. The summed E-state index contributed by atoms with van der Waals surface area (Å²) in [5.74, 6) is 0.0689. The van der Waals surface area contributed by atoms with Gasteiger partial charge in [0.15, 0.2) is 5.75 Å². The second-order valence-electron chi connectivity index (χ2n) is 6.54. The number of pyridine rings is 1. The van der Waals surface area contributed by atoms with Crippen molar-refractivity contribution in [3.63, 3.8) is 0 Å². The van der Waals surface area contributed by atoms with Crippen molar-refractivity contribution in [1.29, 1.82) is 0 Å². The van der Waals surface area contributed by atoms with Gasteiger partial charge in [0.1, 0.15) is 11.6 Å². The van der Waals surface area contributed by atoms with Crippen LogP contribution in [0.3, 0.4) is 0 Å². The summed E-state index contributed by atoms with van der Waals surface area (Å²) in [5, 5.41) is 12.4. The second kappa shape index (κ2) is 6.22. The van der Waals surface area contributed by atoms with E-state index in [1.54, 1.807) is 25.5 Å². The van der Waals surface area contributed by atoms with Gasteiger partial charge in [-0.05, 0) is 18.2 Å². The SMILES string of the molecule is Cc1nnc(N2CCc3[nH]cnc3[C@@H]2c2cc3c(OC(F)(F)F)cccn3n2)o1. The third kappa shape index (κ3) is 3.05. The van der Waals surface area contributed by atoms with Gasteiger partial charge in [-0.3, -0.25) is 0 Å². The largest absolute Gasteiger partial charge is 0.573 e. The molecule has 0 bridgehead atoms. The highest BCUT2D eigenvalue weighted by Gasteiger charge is 2.37. The number of anilines is 1. The molecule has 1 N–H and O–H groups in total. The normalized spacial score (nSPS) is 17.0. The average molecular weight is 405 g/mol. The van der Waals surface area contributed by atoms with Gasteiger partial charge >= 0.3 is 12.4 Å². The first-order chi connectivity index (χ1) is 13.9. The lowest BCUT2D eigenvalue weighted by molar-refractivity contribution is -0.274. The van der Waals surface area contributed by atoms with E-state index in [9.17, 15) is 13.2 Å². The number of aromatic amines is 1. The zero-order chi connectivity index (χ0) is 20.2. The summed E-state index contributed by atoms with van der Waals surface area (Å²) in [6, 6.07) is 4.01. The fourth-order valence-corrected chi connectivity index (χ4v) is 3.54. The van der Waals surface area contributed by atoms with Crippen LogP contribution in [0.1, 0.15) is 29.0 Å². The first-order valence-electron chi connectivity index (χ1n) is 8.72. The number of nitrogens with zero attached hydrogens (tertiary/aromatic N) is 6. The van der Waals surface area contributed by atoms with Gasteiger partial charge in [-0.2, -0.15) is 5.10 Å². The lowest BCUT2D eigenvalue weighted by atomic mass is 10.0. The summed E-state index contributed by atoms with van der Waals surface area (Å²) < 4.78 is 49.4. The summed E-state index contributed by atoms with van der Waals surface area (Å²) in [7, 11) is 0. The molecule has 0 spiro atoms. The number of aryl methyl sites for hydroxylation is 1. The Labute approximate surface area is 161 Å². The van der Waals surface area contributed by atoms with Crippen LogP contribution in [0.15, 0.2) is 35.1 Å². The molecule has 0 saturated heterocycles. The molecule has 0 amide bonds. The van der Waals surface area contributed by atoms with Crippen molar-refractivity contribution in [1.82, 2.24) is 29.8 Å². The Hall–Kier alpha value is -3.57. The van der Waals surface area contributed by atoms with Gasteiger partial charge in [0, 0.05) is 31.8 Å². The van der Waals surface area contributed by atoms with Gasteiger partial charge in [-0.1, -0.05) is 5.10 Å². The van der Waals surface area contributed by atoms with Gasteiger partial charge in [0.2, 0.25) is 5.89 Å². The fourth-order valence-electron chi connectivity index (χ4n) is 3.54. The van der Waals surface area contributed by atoms with E-state index in [2.05, 4.69) is 30.0 Å². The molecule has 4 aromatic heterocycles. The van der Waals surface area contributed by atoms with E-state index in [1.807, 2.05) is 4.90 Å². The summed E-state index contributed by atoms with van der Waals surface area (Å²) in [4.78, 5) is 9.34. The lowest BCUT2D eigenvalue weighted by Crippen LogP contribution is -2.36. The first-order valence-corrected chi connectivity index (χ1v) is 8.72. The monoisotopic (exact) mass is 405 g/mol. The van der Waals surface area contributed by atoms with E-state index in [4.69, 9.17) is 4.42 Å². The van der Waals surface area contributed by atoms with Crippen molar-refractivity contribution in [3.8, 4) is 5.75 Å². The highest BCUT2D eigenvalue weighted by molar-refractivity contribution is 5.61. The van der Waals surface area contributed by atoms with E-state index in [0.29, 0.717) is 36.3 Å². The van der Waals surface area contributed by atoms with Crippen LogP contribution >= 0.6 is 0 Å². The minimum Gasteiger partial charge on any atom is -0.408 e. The van der Waals surface area contributed by atoms with Gasteiger partial charge in [0.25, 0.3) is 0 Å². The maximum Gasteiger partial charge on any atom is 0.573 e. The molecule has 0 aliphatic carbocycles. The summed E-state index contributed by atoms with van der Waals surface area (Å²) in [6.07, 6.45) is -1.01. The summed E-state index contributed by atoms with van der Waals surface area (Å²) >= 11 is 0. The number of hydrogen-bond acceptors (Lipinski definition) is 7. The van der Waals surface area contributed by atoms with Crippen LogP contribution in [-0.4, -0.2) is 42.7 Å². The Kier molecular flexibility index (Phi) is 3.76. The topological polar surface area (TPSA) is 97.4 Å². The number of nitrogens with one attached hydrogen (secondary N) is 1. The molecule has 0 aromatic carbocycles. The predicted octanol–water partition coefficient (Wildman–Crippen LogP) is 2.80.